The molecule has 0 atom stereocenters. The van der Waals surface area contributed by atoms with E-state index in [1.54, 1.807) is 60.7 Å². The molecule has 104 heavy (non-hydrogen) atoms. The van der Waals surface area contributed by atoms with Crippen LogP contribution in [0.25, 0.3) is 0 Å². The Morgan fingerprint density at radius 2 is 0.587 bits per heavy atom. The maximum absolute atomic E-state index is 9.99. The van der Waals surface area contributed by atoms with E-state index in [1.165, 1.54) is 70.3 Å². The molecule has 10 aromatic rings. The van der Waals surface area contributed by atoms with Gasteiger partial charge < -0.3 is 70.8 Å². The average molecular weight is 1400 g/mol. The van der Waals surface area contributed by atoms with Crippen molar-refractivity contribution in [3.8, 4) is 69.0 Å². The quantitative estimate of drug-likeness (QED) is 0.0676. The standard InChI is InChI=1S/C15H18O4.C15H16O4.C15H16O3.C15H14O3.2C15H16/c2*1-15(2,11-5-3-9(16)7-13(11)18)12-6-4-10(17)8-14(12)19;2*1-15(2)11-5-3-9(16)7-13(11)18-14-8-10(17)4-6-12(14)15;2*1-15(2,13-9-5-3-6-10-13)14-11-7-4-8-12-14/h3,5,7-8,16-19H,4,6H2,1-2H3;3-8,16-19H,1-2H3;3,5,7-8,16-17H,4,6H2,1-2H3;3-8,16-17H,1-2H3;2*3-12H,1-2H3. The van der Waals surface area contributed by atoms with Gasteiger partial charge in [-0.25, -0.2) is 0 Å². The molecule has 0 saturated heterocycles. The Kier molecular flexibility index (Phi) is 23.0. The molecule has 14 rings (SSSR count). The lowest BCUT2D eigenvalue weighted by Gasteiger charge is -2.37. The zero-order chi connectivity index (χ0) is 75.7. The number of aliphatic hydroxyl groups excluding tert-OH is 3. The zero-order valence-electron chi connectivity index (χ0n) is 61.1. The average Bonchev–Trinajstić information content (AvgIpc) is 0.754. The van der Waals surface area contributed by atoms with Crippen LogP contribution < -0.4 is 9.47 Å². The van der Waals surface area contributed by atoms with Gasteiger partial charge in [0, 0.05) is 127 Å². The molecule has 10 aromatic carbocycles. The van der Waals surface area contributed by atoms with Gasteiger partial charge in [0.15, 0.2) is 0 Å². The first kappa shape index (κ1) is 76.5. The first-order valence-electron chi connectivity index (χ1n) is 34.6. The van der Waals surface area contributed by atoms with Crippen molar-refractivity contribution in [3.63, 3.8) is 0 Å². The highest BCUT2D eigenvalue weighted by Gasteiger charge is 2.39. The molecule has 0 spiro atoms. The number of hydrogen-bond acceptors (Lipinski definition) is 14. The number of phenols is 9. The van der Waals surface area contributed by atoms with Crippen LogP contribution in [-0.2, 0) is 32.5 Å². The fourth-order valence-corrected chi connectivity index (χ4v) is 13.8. The predicted octanol–water partition coefficient (Wildman–Crippen LogP) is 21.4. The number of fused-ring (bicyclic) bond motifs is 3. The van der Waals surface area contributed by atoms with Gasteiger partial charge in [0.05, 0.1) is 11.5 Å². The number of aliphatic hydroxyl groups is 3. The summed E-state index contributed by atoms with van der Waals surface area (Å²) in [5, 5.41) is 115. The molecular weight excluding hydrogens is 1300 g/mol. The van der Waals surface area contributed by atoms with Crippen molar-refractivity contribution >= 4 is 0 Å². The Morgan fingerprint density at radius 1 is 0.288 bits per heavy atom. The van der Waals surface area contributed by atoms with Crippen molar-refractivity contribution in [2.45, 2.75) is 141 Å². The third-order valence-corrected chi connectivity index (χ3v) is 20.3. The number of rotatable bonds is 8. The minimum atomic E-state index is -0.671. The van der Waals surface area contributed by atoms with Crippen LogP contribution in [0.4, 0.5) is 0 Å². The van der Waals surface area contributed by atoms with Gasteiger partial charge in [-0.1, -0.05) is 241 Å². The molecule has 0 fully saturated rings. The van der Waals surface area contributed by atoms with Crippen LogP contribution in [0.15, 0.2) is 277 Å². The number of phenolic OH excluding ortho intramolecular Hbond substituents is 9. The molecule has 2 aliphatic heterocycles. The lowest BCUT2D eigenvalue weighted by atomic mass is 9.72. The Labute approximate surface area is 610 Å². The topological polar surface area (TPSA) is 261 Å². The molecule has 540 valence electrons. The second-order valence-corrected chi connectivity index (χ2v) is 29.5. The molecule has 0 radical (unpaired) electrons. The van der Waals surface area contributed by atoms with E-state index in [-0.39, 0.29) is 84.9 Å². The molecule has 14 nitrogen and oxygen atoms in total. The van der Waals surface area contributed by atoms with Gasteiger partial charge in [-0.2, -0.15) is 0 Å². The van der Waals surface area contributed by atoms with E-state index < -0.39 is 10.8 Å². The molecule has 12 N–H and O–H groups in total. The third-order valence-electron chi connectivity index (χ3n) is 20.3. The van der Waals surface area contributed by atoms with E-state index in [0.717, 1.165) is 34.4 Å². The van der Waals surface area contributed by atoms with Crippen molar-refractivity contribution in [2.75, 3.05) is 0 Å². The molecule has 2 aliphatic carbocycles. The summed E-state index contributed by atoms with van der Waals surface area (Å²) in [5.41, 5.74) is 10.9. The van der Waals surface area contributed by atoms with E-state index in [0.29, 0.717) is 59.0 Å². The smallest absolute Gasteiger partial charge is 0.135 e. The van der Waals surface area contributed by atoms with Gasteiger partial charge in [0.1, 0.15) is 80.5 Å². The number of ether oxygens (including phenoxy) is 2. The van der Waals surface area contributed by atoms with Gasteiger partial charge >= 0.3 is 0 Å². The maximum Gasteiger partial charge on any atom is 0.135 e. The number of aromatic hydroxyl groups is 9. The second-order valence-electron chi connectivity index (χ2n) is 29.5. The fraction of sp³-hybridized carbons (Fsp3) is 0.244. The molecule has 14 heteroatoms. The zero-order valence-corrected chi connectivity index (χ0v) is 61.1. The van der Waals surface area contributed by atoms with Crippen LogP contribution in [-0.4, -0.2) is 61.3 Å². The summed E-state index contributed by atoms with van der Waals surface area (Å²) in [6.07, 6.45) is 5.51. The van der Waals surface area contributed by atoms with Gasteiger partial charge in [-0.3, -0.25) is 0 Å². The number of benzene rings is 10. The lowest BCUT2D eigenvalue weighted by Crippen LogP contribution is -2.29. The SMILES string of the molecule is CC(C)(C1=C(O)C=C(O)CC1)c1ccc(O)cc1O.CC(C)(c1ccc(O)cc1O)c1ccc(O)cc1O.CC(C)(c1ccccc1)c1ccccc1.CC(C)(c1ccccc1)c1ccccc1.CC1(C)C2=C(C=C(O)CC2)Oc2cc(O)ccc21.CC1(C)c2ccc(O)cc2Oc2cc(O)ccc21. The van der Waals surface area contributed by atoms with E-state index in [9.17, 15) is 61.3 Å². The second kappa shape index (κ2) is 31.3. The summed E-state index contributed by atoms with van der Waals surface area (Å²) in [4.78, 5) is 0. The highest BCUT2D eigenvalue weighted by Crippen LogP contribution is 2.51. The molecular formula is C90H96O14. The van der Waals surface area contributed by atoms with Gasteiger partial charge in [-0.05, 0) is 82.6 Å². The minimum Gasteiger partial charge on any atom is -0.512 e. The van der Waals surface area contributed by atoms with Crippen LogP contribution in [0.2, 0.25) is 0 Å². The van der Waals surface area contributed by atoms with Crippen molar-refractivity contribution in [1.82, 2.24) is 0 Å². The Bertz CT molecular complexity index is 4510. The Balaban J connectivity index is 0.000000145. The van der Waals surface area contributed by atoms with E-state index >= 15 is 0 Å². The maximum atomic E-state index is 9.99. The largest absolute Gasteiger partial charge is 0.512 e. The van der Waals surface area contributed by atoms with Crippen LogP contribution >= 0.6 is 0 Å². The molecule has 2 heterocycles. The van der Waals surface area contributed by atoms with E-state index in [4.69, 9.17) is 9.47 Å². The summed E-state index contributed by atoms with van der Waals surface area (Å²) in [7, 11) is 0. The van der Waals surface area contributed by atoms with Crippen molar-refractivity contribution in [1.29, 1.82) is 0 Å². The van der Waals surface area contributed by atoms with Crippen molar-refractivity contribution < 1.29 is 70.8 Å². The van der Waals surface area contributed by atoms with E-state index in [2.05, 4.69) is 177 Å². The van der Waals surface area contributed by atoms with Crippen molar-refractivity contribution in [3.05, 3.63) is 332 Å². The normalized spacial score (nSPS) is 14.6. The number of allylic oxidation sites excluding steroid dienone is 6. The van der Waals surface area contributed by atoms with Crippen LogP contribution in [0.1, 0.15) is 164 Å². The van der Waals surface area contributed by atoms with Crippen LogP contribution in [0, 0.1) is 0 Å². The molecule has 4 aliphatic rings. The predicted molar refractivity (Wildman–Crippen MR) is 411 cm³/mol. The molecule has 0 bridgehead atoms. The summed E-state index contributed by atoms with van der Waals surface area (Å²) in [6, 6.07) is 71.1. The monoisotopic (exact) mass is 1400 g/mol. The highest BCUT2D eigenvalue weighted by atomic mass is 16.5. The molecule has 0 amide bonds. The van der Waals surface area contributed by atoms with E-state index in [1.807, 2.05) is 45.9 Å². The van der Waals surface area contributed by atoms with Crippen LogP contribution in [0.5, 0.6) is 69.0 Å². The first-order chi connectivity index (χ1) is 49.0. The van der Waals surface area contributed by atoms with Gasteiger partial charge in [-0.15, -0.1) is 0 Å². The summed E-state index contributed by atoms with van der Waals surface area (Å²) < 4.78 is 11.6. The van der Waals surface area contributed by atoms with Crippen LogP contribution in [0.3, 0.4) is 0 Å². The Hall–Kier alpha value is -11.6. The Morgan fingerprint density at radius 3 is 0.933 bits per heavy atom. The molecule has 0 saturated carbocycles. The fourth-order valence-electron chi connectivity index (χ4n) is 13.8. The summed E-state index contributed by atoms with van der Waals surface area (Å²) in [5.74, 6) is 3.62. The van der Waals surface area contributed by atoms with Gasteiger partial charge in [0.2, 0.25) is 0 Å². The summed E-state index contributed by atoms with van der Waals surface area (Å²) >= 11 is 0. The lowest BCUT2D eigenvalue weighted by molar-refractivity contribution is 0.332. The molecule has 0 aromatic heterocycles. The first-order valence-corrected chi connectivity index (χ1v) is 34.6. The van der Waals surface area contributed by atoms with Gasteiger partial charge in [0.25, 0.3) is 0 Å². The molecule has 0 unspecified atom stereocenters. The third kappa shape index (κ3) is 17.3. The highest BCUT2D eigenvalue weighted by molar-refractivity contribution is 5.60. The number of hydrogen-bond donors (Lipinski definition) is 12. The minimum absolute atomic E-state index is 0.00330. The summed E-state index contributed by atoms with van der Waals surface area (Å²) in [6.45, 7) is 25.0. The van der Waals surface area contributed by atoms with Crippen molar-refractivity contribution in [2.24, 2.45) is 0 Å².